The normalized spacial score (nSPS) is 13.6. The summed E-state index contributed by atoms with van der Waals surface area (Å²) >= 11 is 0. The molecule has 0 fully saturated rings. The van der Waals surface area contributed by atoms with Crippen LogP contribution in [-0.2, 0) is 10.0 Å². The van der Waals surface area contributed by atoms with Gasteiger partial charge in [0.05, 0.1) is 0 Å². The zero-order valence-electron chi connectivity index (χ0n) is 12.4. The quantitative estimate of drug-likeness (QED) is 0.664. The lowest BCUT2D eigenvalue weighted by Crippen LogP contribution is -2.28. The number of nitrogens with zero attached hydrogens (tertiary/aromatic N) is 1. The average Bonchev–Trinajstić information content (AvgIpc) is 2.83. The molecule has 8 heteroatoms. The van der Waals surface area contributed by atoms with Crippen LogP contribution in [0.15, 0.2) is 17.2 Å². The molecule has 0 aliphatic heterocycles. The molecule has 21 heavy (non-hydrogen) atoms. The molecular weight excluding hydrogens is 296 g/mol. The van der Waals surface area contributed by atoms with Gasteiger partial charge < -0.3 is 14.8 Å². The van der Waals surface area contributed by atoms with Gasteiger partial charge in [0.1, 0.15) is 10.6 Å². The molecule has 0 saturated carbocycles. The van der Waals surface area contributed by atoms with Gasteiger partial charge in [-0.1, -0.05) is 6.92 Å². The van der Waals surface area contributed by atoms with Crippen molar-refractivity contribution in [2.75, 3.05) is 13.2 Å². The van der Waals surface area contributed by atoms with E-state index in [0.717, 1.165) is 6.07 Å². The lowest BCUT2D eigenvalue weighted by atomic mass is 10.1. The molecule has 0 aliphatic rings. The maximum atomic E-state index is 12.2. The lowest BCUT2D eigenvalue weighted by Gasteiger charge is -2.11. The number of nitrogens with one attached hydrogen (secondary N) is 1. The second-order valence-electron chi connectivity index (χ2n) is 5.34. The average molecular weight is 318 g/mol. The Morgan fingerprint density at radius 3 is 2.43 bits per heavy atom. The van der Waals surface area contributed by atoms with Crippen LogP contribution >= 0.6 is 0 Å². The Bertz CT molecular complexity index is 592. The second-order valence-corrected chi connectivity index (χ2v) is 7.10. The highest BCUT2D eigenvalue weighted by Crippen LogP contribution is 2.19. The lowest BCUT2D eigenvalue weighted by molar-refractivity contribution is 0.0683. The van der Waals surface area contributed by atoms with E-state index >= 15 is 0 Å². The number of rotatable bonds is 8. The number of carboxylic acids is 1. The van der Waals surface area contributed by atoms with Gasteiger partial charge in [-0.15, -0.1) is 0 Å². The number of aromatic nitrogens is 1. The summed E-state index contributed by atoms with van der Waals surface area (Å²) in [6, 6.07) is 0.995. The molecule has 0 saturated heterocycles. The standard InChI is InChI=1S/C13H22N2O5S/c1-9(2)15-8-11(6-12(15)13(17)18)21(19,20)14-7-10(3)4-5-16/h6,8-10,14,16H,4-5,7H2,1-3H3,(H,17,18). The fourth-order valence-electron chi connectivity index (χ4n) is 1.86. The summed E-state index contributed by atoms with van der Waals surface area (Å²) in [5.41, 5.74) is -0.0613. The number of hydrogen-bond acceptors (Lipinski definition) is 4. The topological polar surface area (TPSA) is 109 Å². The van der Waals surface area contributed by atoms with Crippen LogP contribution < -0.4 is 4.72 Å². The Hall–Kier alpha value is -1.38. The number of hydrogen-bond donors (Lipinski definition) is 3. The summed E-state index contributed by atoms with van der Waals surface area (Å²) in [6.07, 6.45) is 1.82. The number of aromatic carboxylic acids is 1. The van der Waals surface area contributed by atoms with E-state index in [4.69, 9.17) is 10.2 Å². The first-order valence-electron chi connectivity index (χ1n) is 6.74. The summed E-state index contributed by atoms with van der Waals surface area (Å²) in [5.74, 6) is -1.17. The third-order valence-corrected chi connectivity index (χ3v) is 4.54. The minimum atomic E-state index is -3.76. The molecule has 0 radical (unpaired) electrons. The van der Waals surface area contributed by atoms with Crippen molar-refractivity contribution < 1.29 is 23.4 Å². The molecule has 0 aliphatic carbocycles. The first-order valence-corrected chi connectivity index (χ1v) is 8.23. The van der Waals surface area contributed by atoms with Crippen molar-refractivity contribution in [3.8, 4) is 0 Å². The number of carbonyl (C=O) groups is 1. The molecule has 7 nitrogen and oxygen atoms in total. The van der Waals surface area contributed by atoms with E-state index in [2.05, 4.69) is 4.72 Å². The van der Waals surface area contributed by atoms with E-state index in [9.17, 15) is 13.2 Å². The Balaban J connectivity index is 2.98. The van der Waals surface area contributed by atoms with Gasteiger partial charge in [0, 0.05) is 25.4 Å². The van der Waals surface area contributed by atoms with Crippen molar-refractivity contribution in [3.63, 3.8) is 0 Å². The van der Waals surface area contributed by atoms with Gasteiger partial charge in [-0.2, -0.15) is 0 Å². The number of carboxylic acid groups (broad SMARTS) is 1. The predicted molar refractivity (Wildman–Crippen MR) is 77.8 cm³/mol. The van der Waals surface area contributed by atoms with Gasteiger partial charge in [0.25, 0.3) is 0 Å². The second kappa shape index (κ2) is 7.06. The largest absolute Gasteiger partial charge is 0.477 e. The number of sulfonamides is 1. The molecule has 3 N–H and O–H groups in total. The highest BCUT2D eigenvalue weighted by molar-refractivity contribution is 7.89. The fourth-order valence-corrected chi connectivity index (χ4v) is 3.05. The highest BCUT2D eigenvalue weighted by Gasteiger charge is 2.22. The van der Waals surface area contributed by atoms with Gasteiger partial charge >= 0.3 is 5.97 Å². The minimum Gasteiger partial charge on any atom is -0.477 e. The van der Waals surface area contributed by atoms with Crippen LogP contribution in [0, 0.1) is 5.92 Å². The number of aliphatic hydroxyl groups excluding tert-OH is 1. The molecule has 1 aromatic rings. The smallest absolute Gasteiger partial charge is 0.352 e. The van der Waals surface area contributed by atoms with Crippen LogP contribution in [0.4, 0.5) is 0 Å². The van der Waals surface area contributed by atoms with Crippen molar-refractivity contribution in [1.29, 1.82) is 0 Å². The maximum Gasteiger partial charge on any atom is 0.352 e. The highest BCUT2D eigenvalue weighted by atomic mass is 32.2. The summed E-state index contributed by atoms with van der Waals surface area (Å²) in [4.78, 5) is 11.1. The van der Waals surface area contributed by atoms with Crippen LogP contribution in [-0.4, -0.2) is 42.3 Å². The van der Waals surface area contributed by atoms with E-state index in [-0.39, 0.29) is 35.7 Å². The molecule has 1 heterocycles. The molecular formula is C13H22N2O5S. The van der Waals surface area contributed by atoms with Gasteiger partial charge in [-0.3, -0.25) is 0 Å². The van der Waals surface area contributed by atoms with Crippen molar-refractivity contribution >= 4 is 16.0 Å². The molecule has 1 rings (SSSR count). The maximum absolute atomic E-state index is 12.2. The van der Waals surface area contributed by atoms with Gasteiger partial charge in [0.2, 0.25) is 10.0 Å². The summed E-state index contributed by atoms with van der Waals surface area (Å²) in [5, 5.41) is 17.9. The SMILES string of the molecule is CC(CCO)CNS(=O)(=O)c1cc(C(=O)O)n(C(C)C)c1. The molecule has 1 atom stereocenters. The third-order valence-electron chi connectivity index (χ3n) is 3.15. The molecule has 120 valence electrons. The van der Waals surface area contributed by atoms with Crippen LogP contribution in [0.5, 0.6) is 0 Å². The predicted octanol–water partition coefficient (Wildman–Crippen LogP) is 1.06. The van der Waals surface area contributed by atoms with E-state index < -0.39 is 16.0 Å². The van der Waals surface area contributed by atoms with Crippen LogP contribution in [0.25, 0.3) is 0 Å². The van der Waals surface area contributed by atoms with Crippen LogP contribution in [0.3, 0.4) is 0 Å². The fraction of sp³-hybridized carbons (Fsp3) is 0.615. The first kappa shape index (κ1) is 17.7. The Kier molecular flexibility index (Phi) is 5.94. The van der Waals surface area contributed by atoms with Crippen LogP contribution in [0.1, 0.15) is 43.7 Å². The Labute approximate surface area is 124 Å². The summed E-state index contributed by atoms with van der Waals surface area (Å²) in [6.45, 7) is 5.56. The van der Waals surface area contributed by atoms with Crippen molar-refractivity contribution in [1.82, 2.24) is 9.29 Å². The molecule has 0 aromatic carbocycles. The first-order chi connectivity index (χ1) is 9.69. The summed E-state index contributed by atoms with van der Waals surface area (Å²) < 4.78 is 28.2. The summed E-state index contributed by atoms with van der Waals surface area (Å²) in [7, 11) is -3.76. The molecule has 1 unspecified atom stereocenters. The minimum absolute atomic E-state index is 0.00379. The van der Waals surface area contributed by atoms with Crippen molar-refractivity contribution in [2.24, 2.45) is 5.92 Å². The molecule has 0 spiro atoms. The van der Waals surface area contributed by atoms with Gasteiger partial charge in [-0.05, 0) is 32.3 Å². The molecule has 1 aromatic heterocycles. The van der Waals surface area contributed by atoms with Gasteiger partial charge in [0.15, 0.2) is 0 Å². The monoisotopic (exact) mass is 318 g/mol. The van der Waals surface area contributed by atoms with E-state index in [1.54, 1.807) is 13.8 Å². The third kappa shape index (κ3) is 4.55. The van der Waals surface area contributed by atoms with E-state index in [1.165, 1.54) is 10.8 Å². The van der Waals surface area contributed by atoms with Gasteiger partial charge in [-0.25, -0.2) is 17.9 Å². The number of aliphatic hydroxyl groups is 1. The zero-order valence-corrected chi connectivity index (χ0v) is 13.2. The Morgan fingerprint density at radius 2 is 2.00 bits per heavy atom. The van der Waals surface area contributed by atoms with Crippen molar-refractivity contribution in [2.45, 2.75) is 38.1 Å². The molecule has 0 bridgehead atoms. The zero-order chi connectivity index (χ0) is 16.2. The Morgan fingerprint density at radius 1 is 1.38 bits per heavy atom. The molecule has 0 amide bonds. The van der Waals surface area contributed by atoms with Crippen LogP contribution in [0.2, 0.25) is 0 Å². The van der Waals surface area contributed by atoms with E-state index in [0.29, 0.717) is 6.42 Å². The van der Waals surface area contributed by atoms with E-state index in [1.807, 2.05) is 6.92 Å². The van der Waals surface area contributed by atoms with Crippen molar-refractivity contribution in [3.05, 3.63) is 18.0 Å².